The number of carbonyl (C=O) groups excluding carboxylic acids is 1. The highest BCUT2D eigenvalue weighted by Gasteiger charge is 2.16. The number of carbonyl (C=O) groups is 1. The molecule has 1 saturated carbocycles. The second-order valence-corrected chi connectivity index (χ2v) is 3.81. The van der Waals surface area contributed by atoms with Gasteiger partial charge in [0.25, 0.3) is 0 Å². The van der Waals surface area contributed by atoms with Crippen molar-refractivity contribution in [2.75, 3.05) is 0 Å². The zero-order valence-electron chi connectivity index (χ0n) is 8.02. The SMILES string of the molecule is C[C](C)C(=O)NC1CCCCC1. The van der Waals surface area contributed by atoms with E-state index in [2.05, 4.69) is 5.32 Å². The molecular weight excluding hydrogens is 150 g/mol. The molecule has 1 rings (SSSR count). The van der Waals surface area contributed by atoms with E-state index in [1.807, 2.05) is 13.8 Å². The van der Waals surface area contributed by atoms with E-state index >= 15 is 0 Å². The van der Waals surface area contributed by atoms with Gasteiger partial charge in [-0.05, 0) is 12.8 Å². The van der Waals surface area contributed by atoms with Crippen LogP contribution in [-0.4, -0.2) is 11.9 Å². The van der Waals surface area contributed by atoms with Crippen molar-refractivity contribution in [3.8, 4) is 0 Å². The minimum atomic E-state index is 0.127. The van der Waals surface area contributed by atoms with Crippen molar-refractivity contribution in [1.29, 1.82) is 0 Å². The lowest BCUT2D eigenvalue weighted by Gasteiger charge is -2.23. The number of nitrogens with one attached hydrogen (secondary N) is 1. The first-order valence-electron chi connectivity index (χ1n) is 4.81. The Balaban J connectivity index is 2.24. The summed E-state index contributed by atoms with van der Waals surface area (Å²) in [6.45, 7) is 3.72. The maximum absolute atomic E-state index is 11.3. The highest BCUT2D eigenvalue weighted by molar-refractivity contribution is 5.88. The third-order valence-electron chi connectivity index (χ3n) is 2.39. The second kappa shape index (κ2) is 4.48. The van der Waals surface area contributed by atoms with E-state index in [1.54, 1.807) is 0 Å². The van der Waals surface area contributed by atoms with E-state index in [-0.39, 0.29) is 5.91 Å². The molecule has 1 N–H and O–H groups in total. The molecule has 0 aromatic carbocycles. The lowest BCUT2D eigenvalue weighted by molar-refractivity contribution is -0.120. The van der Waals surface area contributed by atoms with E-state index < -0.39 is 0 Å². The molecule has 1 amide bonds. The van der Waals surface area contributed by atoms with Crippen LogP contribution in [0.1, 0.15) is 46.0 Å². The number of amides is 1. The maximum Gasteiger partial charge on any atom is 0.226 e. The van der Waals surface area contributed by atoms with Crippen LogP contribution in [0.4, 0.5) is 0 Å². The molecule has 0 spiro atoms. The van der Waals surface area contributed by atoms with Gasteiger partial charge in [0.1, 0.15) is 0 Å². The fourth-order valence-corrected chi connectivity index (χ4v) is 1.58. The lowest BCUT2D eigenvalue weighted by atomic mass is 9.95. The smallest absolute Gasteiger partial charge is 0.226 e. The number of hydrogen-bond donors (Lipinski definition) is 1. The van der Waals surface area contributed by atoms with Gasteiger partial charge in [-0.25, -0.2) is 0 Å². The molecule has 0 atom stereocenters. The van der Waals surface area contributed by atoms with Crippen LogP contribution < -0.4 is 5.32 Å². The van der Waals surface area contributed by atoms with Gasteiger partial charge in [-0.1, -0.05) is 33.1 Å². The molecule has 0 heterocycles. The van der Waals surface area contributed by atoms with Gasteiger partial charge in [-0.3, -0.25) is 4.79 Å². The molecule has 2 nitrogen and oxygen atoms in total. The molecule has 2 heteroatoms. The summed E-state index contributed by atoms with van der Waals surface area (Å²) in [6, 6.07) is 0.446. The fourth-order valence-electron chi connectivity index (χ4n) is 1.58. The van der Waals surface area contributed by atoms with Crippen molar-refractivity contribution in [1.82, 2.24) is 5.32 Å². The molecule has 1 radical (unpaired) electrons. The zero-order chi connectivity index (χ0) is 8.97. The Morgan fingerprint density at radius 3 is 2.25 bits per heavy atom. The Morgan fingerprint density at radius 2 is 1.75 bits per heavy atom. The van der Waals surface area contributed by atoms with Crippen molar-refractivity contribution in [2.24, 2.45) is 0 Å². The van der Waals surface area contributed by atoms with Crippen molar-refractivity contribution in [3.05, 3.63) is 5.92 Å². The Labute approximate surface area is 74.7 Å². The molecule has 0 bridgehead atoms. The topological polar surface area (TPSA) is 29.1 Å². The van der Waals surface area contributed by atoms with Crippen LogP contribution in [0.5, 0.6) is 0 Å². The highest BCUT2D eigenvalue weighted by atomic mass is 16.1. The van der Waals surface area contributed by atoms with Gasteiger partial charge in [0.2, 0.25) is 5.91 Å². The molecule has 0 aromatic rings. The molecule has 0 unspecified atom stereocenters. The summed E-state index contributed by atoms with van der Waals surface area (Å²) in [6.07, 6.45) is 6.21. The van der Waals surface area contributed by atoms with Gasteiger partial charge in [0, 0.05) is 6.04 Å². The summed E-state index contributed by atoms with van der Waals surface area (Å²) in [5.74, 6) is 0.988. The lowest BCUT2D eigenvalue weighted by Crippen LogP contribution is -2.37. The summed E-state index contributed by atoms with van der Waals surface area (Å²) in [5.41, 5.74) is 0. The van der Waals surface area contributed by atoms with Crippen LogP contribution in [-0.2, 0) is 4.79 Å². The van der Waals surface area contributed by atoms with Crippen molar-refractivity contribution >= 4 is 5.91 Å². The van der Waals surface area contributed by atoms with Crippen LogP contribution >= 0.6 is 0 Å². The maximum atomic E-state index is 11.3. The predicted octanol–water partition coefficient (Wildman–Crippen LogP) is 2.05. The first kappa shape index (κ1) is 9.56. The zero-order valence-corrected chi connectivity index (χ0v) is 8.02. The molecule has 1 aliphatic rings. The van der Waals surface area contributed by atoms with Crippen LogP contribution in [0, 0.1) is 5.92 Å². The average Bonchev–Trinajstić information content (AvgIpc) is 2.06. The third-order valence-corrected chi connectivity index (χ3v) is 2.39. The largest absolute Gasteiger partial charge is 0.353 e. The van der Waals surface area contributed by atoms with E-state index in [4.69, 9.17) is 0 Å². The third kappa shape index (κ3) is 2.84. The minimum Gasteiger partial charge on any atom is -0.353 e. The normalized spacial score (nSPS) is 19.6. The van der Waals surface area contributed by atoms with Crippen LogP contribution in [0.2, 0.25) is 0 Å². The Kier molecular flexibility index (Phi) is 3.57. The van der Waals surface area contributed by atoms with Gasteiger partial charge in [-0.2, -0.15) is 0 Å². The average molecular weight is 168 g/mol. The standard InChI is InChI=1S/C10H18NO/c1-8(2)10(12)11-9-6-4-3-5-7-9/h9H,3-7H2,1-2H3,(H,11,12). The van der Waals surface area contributed by atoms with Crippen LogP contribution in [0.25, 0.3) is 0 Å². The van der Waals surface area contributed by atoms with Crippen molar-refractivity contribution in [3.63, 3.8) is 0 Å². The van der Waals surface area contributed by atoms with E-state index in [9.17, 15) is 4.79 Å². The molecule has 1 fully saturated rings. The monoisotopic (exact) mass is 168 g/mol. The summed E-state index contributed by atoms with van der Waals surface area (Å²) in [5, 5.41) is 3.04. The first-order valence-corrected chi connectivity index (χ1v) is 4.81. The van der Waals surface area contributed by atoms with E-state index in [1.165, 1.54) is 32.1 Å². The molecule has 69 valence electrons. The van der Waals surface area contributed by atoms with Crippen molar-refractivity contribution in [2.45, 2.75) is 52.0 Å². The van der Waals surface area contributed by atoms with Crippen LogP contribution in [0.15, 0.2) is 0 Å². The minimum absolute atomic E-state index is 0.127. The van der Waals surface area contributed by atoms with Gasteiger partial charge in [0.15, 0.2) is 0 Å². The number of hydrogen-bond acceptors (Lipinski definition) is 1. The second-order valence-electron chi connectivity index (χ2n) is 3.81. The molecule has 0 aromatic heterocycles. The van der Waals surface area contributed by atoms with E-state index in [0.717, 1.165) is 5.92 Å². The summed E-state index contributed by atoms with van der Waals surface area (Å²) in [7, 11) is 0. The van der Waals surface area contributed by atoms with Crippen molar-refractivity contribution < 1.29 is 4.79 Å². The van der Waals surface area contributed by atoms with Gasteiger partial charge < -0.3 is 5.32 Å². The van der Waals surface area contributed by atoms with E-state index in [0.29, 0.717) is 6.04 Å². The van der Waals surface area contributed by atoms with Crippen LogP contribution in [0.3, 0.4) is 0 Å². The van der Waals surface area contributed by atoms with Gasteiger partial charge >= 0.3 is 0 Å². The number of rotatable bonds is 2. The van der Waals surface area contributed by atoms with Gasteiger partial charge in [-0.15, -0.1) is 0 Å². The highest BCUT2D eigenvalue weighted by Crippen LogP contribution is 2.17. The van der Waals surface area contributed by atoms with Gasteiger partial charge in [0.05, 0.1) is 5.92 Å². The molecular formula is C10H18NO. The summed E-state index contributed by atoms with van der Waals surface area (Å²) in [4.78, 5) is 11.3. The molecule has 0 saturated heterocycles. The Hall–Kier alpha value is -0.530. The first-order chi connectivity index (χ1) is 5.70. The Morgan fingerprint density at radius 1 is 1.17 bits per heavy atom. The fraction of sp³-hybridized carbons (Fsp3) is 0.800. The molecule has 0 aliphatic heterocycles. The molecule has 12 heavy (non-hydrogen) atoms. The summed E-state index contributed by atoms with van der Waals surface area (Å²) < 4.78 is 0. The predicted molar refractivity (Wildman–Crippen MR) is 49.6 cm³/mol. The molecule has 1 aliphatic carbocycles. The quantitative estimate of drug-likeness (QED) is 0.671. The Bertz CT molecular complexity index is 148. The summed E-state index contributed by atoms with van der Waals surface area (Å²) >= 11 is 0.